The lowest BCUT2D eigenvalue weighted by Crippen LogP contribution is -2.44. The van der Waals surface area contributed by atoms with Crippen LogP contribution in [0.3, 0.4) is 0 Å². The van der Waals surface area contributed by atoms with E-state index in [0.717, 1.165) is 12.8 Å². The molecule has 1 aromatic rings. The fourth-order valence-electron chi connectivity index (χ4n) is 4.32. The number of carbonyl (C=O) groups is 1. The Bertz CT molecular complexity index is 781. The van der Waals surface area contributed by atoms with Gasteiger partial charge >= 0.3 is 5.97 Å². The highest BCUT2D eigenvalue weighted by molar-refractivity contribution is 9.09. The van der Waals surface area contributed by atoms with Gasteiger partial charge in [0.05, 0.1) is 23.9 Å². The molecule has 1 aliphatic heterocycles. The average Bonchev–Trinajstić information content (AvgIpc) is 2.80. The van der Waals surface area contributed by atoms with E-state index in [-0.39, 0.29) is 52.1 Å². The van der Waals surface area contributed by atoms with Crippen LogP contribution in [0.1, 0.15) is 71.2 Å². The Kier molecular flexibility index (Phi) is 11.5. The van der Waals surface area contributed by atoms with Gasteiger partial charge in [0.2, 0.25) is 0 Å². The van der Waals surface area contributed by atoms with Gasteiger partial charge in [-0.3, -0.25) is 0 Å². The Hall–Kier alpha value is -0.733. The molecule has 1 heterocycles. The van der Waals surface area contributed by atoms with Crippen LogP contribution in [-0.2, 0) is 18.6 Å². The number of rotatable bonds is 11. The highest BCUT2D eigenvalue weighted by atomic mass is 79.9. The third-order valence-electron chi connectivity index (χ3n) is 7.79. The minimum absolute atomic E-state index is 0.0155. The summed E-state index contributed by atoms with van der Waals surface area (Å²) in [4.78, 5) is 13.1. The first-order valence-corrected chi connectivity index (χ1v) is 16.8. The van der Waals surface area contributed by atoms with Crippen molar-refractivity contribution >= 4 is 30.2 Å². The van der Waals surface area contributed by atoms with Crippen LogP contribution in [-0.4, -0.2) is 57.2 Å². The summed E-state index contributed by atoms with van der Waals surface area (Å²) in [7, 11) is -0.0828. The summed E-state index contributed by atoms with van der Waals surface area (Å²) in [5, 5.41) is 0.167. The molecule has 0 aromatic heterocycles. The third kappa shape index (κ3) is 8.95. The molecule has 2 rings (SSSR count). The molecule has 1 fully saturated rings. The highest BCUT2D eigenvalue weighted by Crippen LogP contribution is 2.38. The first-order chi connectivity index (χ1) is 16.2. The highest BCUT2D eigenvalue weighted by Gasteiger charge is 2.39. The second kappa shape index (κ2) is 13.2. The van der Waals surface area contributed by atoms with Gasteiger partial charge in [0, 0.05) is 30.9 Å². The maximum Gasteiger partial charge on any atom is 0.338 e. The van der Waals surface area contributed by atoms with Crippen molar-refractivity contribution in [2.75, 3.05) is 13.7 Å². The van der Waals surface area contributed by atoms with Crippen molar-refractivity contribution in [3.05, 3.63) is 35.9 Å². The van der Waals surface area contributed by atoms with Gasteiger partial charge in [-0.2, -0.15) is 0 Å². The Balaban J connectivity index is 2.14. The predicted octanol–water partition coefficient (Wildman–Crippen LogP) is 7.24. The van der Waals surface area contributed by atoms with Crippen LogP contribution in [0.4, 0.5) is 0 Å². The lowest BCUT2D eigenvalue weighted by atomic mass is 9.88. The Morgan fingerprint density at radius 3 is 2.37 bits per heavy atom. The predicted molar refractivity (Wildman–Crippen MR) is 149 cm³/mol. The molecular weight excluding hydrogens is 524 g/mol. The molecule has 35 heavy (non-hydrogen) atoms. The number of methoxy groups -OCH3 is 1. The molecule has 0 spiro atoms. The van der Waals surface area contributed by atoms with Gasteiger partial charge in [-0.1, -0.05) is 68.7 Å². The normalized spacial score (nSPS) is 24.9. The van der Waals surface area contributed by atoms with Crippen molar-refractivity contribution < 1.29 is 23.4 Å². The summed E-state index contributed by atoms with van der Waals surface area (Å²) >= 11 is 3.95. The molecule has 200 valence electrons. The summed E-state index contributed by atoms with van der Waals surface area (Å²) < 4.78 is 24.6. The molecule has 1 aliphatic rings. The molecular formula is C28H47BrO5Si. The second-order valence-electron chi connectivity index (χ2n) is 11.8. The molecule has 0 saturated carbocycles. The standard InChI is InChI=1S/C28H47BrO5Si/c1-19(18-32-35(8,9)28(4,5)6)26(29)21(3)25(34-27(30)22-13-11-10-12-14-22)17-24-16-23(31-7)15-20(2)33-24/h10-14,19-21,23-26H,15-18H2,1-9H3/t19-,20+,21+,23-,24-,25-,26+/m1/s1. The van der Waals surface area contributed by atoms with Crippen molar-refractivity contribution in [2.45, 2.75) is 108 Å². The van der Waals surface area contributed by atoms with Crippen LogP contribution in [0.5, 0.6) is 0 Å². The van der Waals surface area contributed by atoms with Gasteiger partial charge < -0.3 is 18.6 Å². The molecule has 1 saturated heterocycles. The van der Waals surface area contributed by atoms with E-state index in [4.69, 9.17) is 18.6 Å². The van der Waals surface area contributed by atoms with E-state index >= 15 is 0 Å². The SMILES string of the molecule is CO[C@H]1C[C@H](C[C@@H](OC(=O)c2ccccc2)[C@H](C)[C@@H](Br)[C@H](C)CO[Si](C)(C)C(C)(C)C)O[C@@H](C)C1. The van der Waals surface area contributed by atoms with Crippen molar-refractivity contribution in [1.82, 2.24) is 0 Å². The number of benzene rings is 1. The van der Waals surface area contributed by atoms with Crippen LogP contribution in [0.15, 0.2) is 30.3 Å². The van der Waals surface area contributed by atoms with E-state index in [1.807, 2.05) is 18.2 Å². The fourth-order valence-corrected chi connectivity index (χ4v) is 5.93. The fraction of sp³-hybridized carbons (Fsp3) is 0.750. The van der Waals surface area contributed by atoms with Crippen LogP contribution in [0, 0.1) is 11.8 Å². The van der Waals surface area contributed by atoms with E-state index in [2.05, 4.69) is 70.6 Å². The lowest BCUT2D eigenvalue weighted by molar-refractivity contribution is -0.115. The minimum Gasteiger partial charge on any atom is -0.458 e. The van der Waals surface area contributed by atoms with E-state index in [1.165, 1.54) is 0 Å². The summed E-state index contributed by atoms with van der Waals surface area (Å²) in [6, 6.07) is 9.21. The van der Waals surface area contributed by atoms with Crippen molar-refractivity contribution in [3.63, 3.8) is 0 Å². The van der Waals surface area contributed by atoms with E-state index in [1.54, 1.807) is 19.2 Å². The molecule has 1 aromatic carbocycles. The van der Waals surface area contributed by atoms with Gasteiger partial charge in [-0.05, 0) is 55.9 Å². The van der Waals surface area contributed by atoms with Gasteiger partial charge in [0.25, 0.3) is 0 Å². The zero-order valence-corrected chi connectivity index (χ0v) is 25.8. The molecule has 0 radical (unpaired) electrons. The monoisotopic (exact) mass is 570 g/mol. The summed E-state index contributed by atoms with van der Waals surface area (Å²) in [5.74, 6) is 0.0388. The largest absolute Gasteiger partial charge is 0.458 e. The van der Waals surface area contributed by atoms with E-state index < -0.39 is 8.32 Å². The molecule has 0 N–H and O–H groups in total. The molecule has 0 unspecified atom stereocenters. The Labute approximate surface area is 222 Å². The van der Waals surface area contributed by atoms with Crippen molar-refractivity contribution in [3.8, 4) is 0 Å². The summed E-state index contributed by atoms with van der Waals surface area (Å²) in [6.07, 6.45) is 2.32. The number of hydrogen-bond donors (Lipinski definition) is 0. The van der Waals surface area contributed by atoms with Crippen LogP contribution in [0.2, 0.25) is 18.1 Å². The third-order valence-corrected chi connectivity index (χ3v) is 14.0. The zero-order valence-electron chi connectivity index (χ0n) is 23.2. The topological polar surface area (TPSA) is 54.0 Å². The van der Waals surface area contributed by atoms with Crippen LogP contribution >= 0.6 is 15.9 Å². The maximum absolute atomic E-state index is 13.0. The first-order valence-electron chi connectivity index (χ1n) is 13.0. The summed E-state index contributed by atoms with van der Waals surface area (Å²) in [5.41, 5.74) is 0.567. The molecule has 0 bridgehead atoms. The molecule has 0 amide bonds. The number of ether oxygens (including phenoxy) is 3. The smallest absolute Gasteiger partial charge is 0.338 e. The number of alkyl halides is 1. The van der Waals surface area contributed by atoms with E-state index in [0.29, 0.717) is 18.6 Å². The van der Waals surface area contributed by atoms with Crippen LogP contribution < -0.4 is 0 Å². The lowest BCUT2D eigenvalue weighted by Gasteiger charge is -2.39. The number of halogens is 1. The van der Waals surface area contributed by atoms with Gasteiger partial charge in [0.15, 0.2) is 8.32 Å². The van der Waals surface area contributed by atoms with Crippen molar-refractivity contribution in [1.29, 1.82) is 0 Å². The van der Waals surface area contributed by atoms with Crippen LogP contribution in [0.25, 0.3) is 0 Å². The molecule has 7 atom stereocenters. The van der Waals surface area contributed by atoms with Gasteiger partial charge in [-0.25, -0.2) is 4.79 Å². The maximum atomic E-state index is 13.0. The molecule has 5 nitrogen and oxygen atoms in total. The summed E-state index contributed by atoms with van der Waals surface area (Å²) in [6.45, 7) is 18.5. The number of hydrogen-bond acceptors (Lipinski definition) is 5. The van der Waals surface area contributed by atoms with Crippen molar-refractivity contribution in [2.24, 2.45) is 11.8 Å². The first kappa shape index (κ1) is 30.5. The zero-order chi connectivity index (χ0) is 26.4. The van der Waals surface area contributed by atoms with Gasteiger partial charge in [0.1, 0.15) is 6.10 Å². The van der Waals surface area contributed by atoms with E-state index in [9.17, 15) is 4.79 Å². The second-order valence-corrected chi connectivity index (χ2v) is 17.7. The Morgan fingerprint density at radius 1 is 1.17 bits per heavy atom. The minimum atomic E-state index is -1.84. The van der Waals surface area contributed by atoms with Gasteiger partial charge in [-0.15, -0.1) is 0 Å². The Morgan fingerprint density at radius 2 is 1.80 bits per heavy atom. The molecule has 0 aliphatic carbocycles. The average molecular weight is 572 g/mol. The molecule has 7 heteroatoms. The quantitative estimate of drug-likeness (QED) is 0.159. The number of esters is 1. The number of carbonyl (C=O) groups excluding carboxylic acids is 1.